The standard InChI is InChI=1S/C26H37N5O2/c1-16-20(11-12-26(2,3)4)25(29-28-16)22-13-17-7-8-18(14-21(17)27-22)31(6)24(33)15-19-9-10-23(32)30(19)5/h7-8,13,18-19,27H,9-12,14-15H2,1-6H3,(H,28,29). The highest BCUT2D eigenvalue weighted by atomic mass is 16.2. The smallest absolute Gasteiger partial charge is 0.224 e. The van der Waals surface area contributed by atoms with Gasteiger partial charge in [-0.05, 0) is 43.2 Å². The van der Waals surface area contributed by atoms with Crippen LogP contribution in [0.3, 0.4) is 0 Å². The van der Waals surface area contributed by atoms with Gasteiger partial charge >= 0.3 is 0 Å². The number of fused-ring (bicyclic) bond motifs is 1. The minimum Gasteiger partial charge on any atom is -0.356 e. The van der Waals surface area contributed by atoms with Gasteiger partial charge in [-0.3, -0.25) is 14.7 Å². The van der Waals surface area contributed by atoms with Crippen molar-refractivity contribution in [3.05, 3.63) is 34.7 Å². The Morgan fingerprint density at radius 1 is 1.33 bits per heavy atom. The normalized spacial score (nSPS) is 20.4. The van der Waals surface area contributed by atoms with Crippen molar-refractivity contribution in [2.45, 2.75) is 78.3 Å². The molecule has 0 radical (unpaired) electrons. The number of nitrogens with one attached hydrogen (secondary N) is 2. The fourth-order valence-corrected chi connectivity index (χ4v) is 4.83. The highest BCUT2D eigenvalue weighted by Crippen LogP contribution is 2.32. The molecule has 2 aromatic rings. The summed E-state index contributed by atoms with van der Waals surface area (Å²) in [6.45, 7) is 8.88. The third-order valence-corrected chi connectivity index (χ3v) is 7.23. The lowest BCUT2D eigenvalue weighted by Gasteiger charge is -2.30. The Bertz CT molecular complexity index is 1070. The molecule has 2 atom stereocenters. The highest BCUT2D eigenvalue weighted by Gasteiger charge is 2.32. The van der Waals surface area contributed by atoms with Crippen molar-refractivity contribution in [1.29, 1.82) is 0 Å². The van der Waals surface area contributed by atoms with E-state index in [0.29, 0.717) is 12.8 Å². The van der Waals surface area contributed by atoms with Crippen molar-refractivity contribution in [2.75, 3.05) is 14.1 Å². The van der Waals surface area contributed by atoms with Crippen LogP contribution in [0.5, 0.6) is 0 Å². The maximum absolute atomic E-state index is 12.9. The van der Waals surface area contributed by atoms with Crippen LogP contribution in [-0.2, 0) is 22.4 Å². The number of aryl methyl sites for hydroxylation is 1. The van der Waals surface area contributed by atoms with E-state index in [2.05, 4.69) is 61.1 Å². The summed E-state index contributed by atoms with van der Waals surface area (Å²) in [5, 5.41) is 7.77. The molecule has 1 fully saturated rings. The van der Waals surface area contributed by atoms with Crippen molar-refractivity contribution in [3.63, 3.8) is 0 Å². The van der Waals surface area contributed by atoms with Crippen LogP contribution in [0, 0.1) is 12.3 Å². The molecule has 7 heteroatoms. The number of hydrogen-bond donors (Lipinski definition) is 2. The van der Waals surface area contributed by atoms with E-state index < -0.39 is 0 Å². The number of amides is 2. The van der Waals surface area contributed by atoms with E-state index in [0.717, 1.165) is 54.0 Å². The number of nitrogens with zero attached hydrogens (tertiary/aromatic N) is 3. The van der Waals surface area contributed by atoms with Crippen molar-refractivity contribution in [2.24, 2.45) is 5.41 Å². The molecule has 7 nitrogen and oxygen atoms in total. The Morgan fingerprint density at radius 2 is 2.09 bits per heavy atom. The SMILES string of the molecule is Cc1[nH]nc(-c2cc3c([nH]2)CC(N(C)C(=O)CC2CCC(=O)N2C)C=C3)c1CCC(C)(C)C. The Balaban J connectivity index is 1.46. The molecule has 2 unspecified atom stereocenters. The van der Waals surface area contributed by atoms with Gasteiger partial charge in [0, 0.05) is 56.4 Å². The van der Waals surface area contributed by atoms with Gasteiger partial charge in [-0.2, -0.15) is 5.10 Å². The number of aromatic nitrogens is 3. The van der Waals surface area contributed by atoms with Crippen LogP contribution in [0.2, 0.25) is 0 Å². The summed E-state index contributed by atoms with van der Waals surface area (Å²) in [6.07, 6.45) is 8.73. The van der Waals surface area contributed by atoms with E-state index in [1.165, 1.54) is 5.56 Å². The zero-order valence-electron chi connectivity index (χ0n) is 20.8. The van der Waals surface area contributed by atoms with Crippen LogP contribution in [0.1, 0.15) is 69.0 Å². The highest BCUT2D eigenvalue weighted by molar-refractivity contribution is 5.82. The second kappa shape index (κ2) is 8.84. The summed E-state index contributed by atoms with van der Waals surface area (Å²) in [4.78, 5) is 31.8. The molecule has 1 saturated heterocycles. The number of likely N-dealkylation sites (tertiary alicyclic amines) is 1. The van der Waals surface area contributed by atoms with E-state index in [-0.39, 0.29) is 29.3 Å². The van der Waals surface area contributed by atoms with Crippen LogP contribution < -0.4 is 0 Å². The molecule has 2 aromatic heterocycles. The van der Waals surface area contributed by atoms with Gasteiger partial charge in [0.2, 0.25) is 11.8 Å². The first kappa shape index (κ1) is 23.3. The summed E-state index contributed by atoms with van der Waals surface area (Å²) < 4.78 is 0. The second-order valence-corrected chi connectivity index (χ2v) is 10.9. The minimum absolute atomic E-state index is 0.000178. The first-order valence-electron chi connectivity index (χ1n) is 12.0. The summed E-state index contributed by atoms with van der Waals surface area (Å²) >= 11 is 0. The van der Waals surface area contributed by atoms with Gasteiger partial charge in [-0.25, -0.2) is 0 Å². The zero-order valence-corrected chi connectivity index (χ0v) is 20.8. The second-order valence-electron chi connectivity index (χ2n) is 10.9. The molecule has 2 N–H and O–H groups in total. The molecule has 2 aliphatic rings. The topological polar surface area (TPSA) is 85.1 Å². The predicted octanol–water partition coefficient (Wildman–Crippen LogP) is 4.10. The van der Waals surface area contributed by atoms with E-state index in [9.17, 15) is 9.59 Å². The fraction of sp³-hybridized carbons (Fsp3) is 0.577. The van der Waals surface area contributed by atoms with Crippen LogP contribution in [0.4, 0.5) is 0 Å². The fourth-order valence-electron chi connectivity index (χ4n) is 4.83. The molecule has 1 aliphatic heterocycles. The lowest BCUT2D eigenvalue weighted by atomic mass is 9.88. The molecule has 33 heavy (non-hydrogen) atoms. The third kappa shape index (κ3) is 4.92. The average molecular weight is 452 g/mol. The van der Waals surface area contributed by atoms with Crippen LogP contribution in [-0.4, -0.2) is 63.0 Å². The molecule has 178 valence electrons. The number of hydrogen-bond acceptors (Lipinski definition) is 3. The molecule has 2 amide bonds. The quantitative estimate of drug-likeness (QED) is 0.693. The number of carbonyl (C=O) groups excluding carboxylic acids is 2. The molecule has 0 bridgehead atoms. The van der Waals surface area contributed by atoms with E-state index in [1.807, 2.05) is 11.9 Å². The van der Waals surface area contributed by atoms with Gasteiger partial charge in [0.15, 0.2) is 0 Å². The first-order valence-corrected chi connectivity index (χ1v) is 12.0. The van der Waals surface area contributed by atoms with E-state index in [1.54, 1.807) is 11.9 Å². The molecule has 0 spiro atoms. The van der Waals surface area contributed by atoms with E-state index in [4.69, 9.17) is 0 Å². The minimum atomic E-state index is 0.000178. The average Bonchev–Trinajstić information content (AvgIpc) is 3.43. The molecule has 3 heterocycles. The molecular formula is C26H37N5O2. The van der Waals surface area contributed by atoms with Crippen LogP contribution >= 0.6 is 0 Å². The maximum Gasteiger partial charge on any atom is 0.224 e. The third-order valence-electron chi connectivity index (χ3n) is 7.23. The summed E-state index contributed by atoms with van der Waals surface area (Å²) in [7, 11) is 3.66. The Kier molecular flexibility index (Phi) is 6.25. The first-order chi connectivity index (χ1) is 15.5. The molecule has 4 rings (SSSR count). The molecular weight excluding hydrogens is 414 g/mol. The predicted molar refractivity (Wildman–Crippen MR) is 131 cm³/mol. The maximum atomic E-state index is 12.9. The van der Waals surface area contributed by atoms with Crippen molar-refractivity contribution < 1.29 is 9.59 Å². The Hall–Kier alpha value is -2.83. The van der Waals surface area contributed by atoms with Gasteiger partial charge in [-0.15, -0.1) is 0 Å². The summed E-state index contributed by atoms with van der Waals surface area (Å²) in [5.74, 6) is 0.214. The van der Waals surface area contributed by atoms with Gasteiger partial charge in [0.25, 0.3) is 0 Å². The zero-order chi connectivity index (χ0) is 23.9. The van der Waals surface area contributed by atoms with Crippen LogP contribution in [0.15, 0.2) is 12.1 Å². The Morgan fingerprint density at radius 3 is 2.76 bits per heavy atom. The molecule has 0 aromatic carbocycles. The largest absolute Gasteiger partial charge is 0.356 e. The van der Waals surface area contributed by atoms with Gasteiger partial charge in [0.05, 0.1) is 11.7 Å². The van der Waals surface area contributed by atoms with Gasteiger partial charge in [0.1, 0.15) is 5.69 Å². The number of rotatable bonds is 6. The summed E-state index contributed by atoms with van der Waals surface area (Å²) in [5.41, 5.74) is 6.97. The lowest BCUT2D eigenvalue weighted by molar-refractivity contribution is -0.133. The summed E-state index contributed by atoms with van der Waals surface area (Å²) in [6, 6.07) is 2.18. The van der Waals surface area contributed by atoms with Crippen LogP contribution in [0.25, 0.3) is 17.5 Å². The number of likely N-dealkylation sites (N-methyl/N-ethyl adjacent to an activating group) is 1. The number of H-pyrrole nitrogens is 2. The lowest BCUT2D eigenvalue weighted by Crippen LogP contribution is -2.41. The monoisotopic (exact) mass is 451 g/mol. The van der Waals surface area contributed by atoms with Crippen molar-refractivity contribution in [1.82, 2.24) is 25.0 Å². The van der Waals surface area contributed by atoms with E-state index >= 15 is 0 Å². The number of carbonyl (C=O) groups is 2. The van der Waals surface area contributed by atoms with Crippen molar-refractivity contribution >= 4 is 17.9 Å². The molecule has 1 aliphatic carbocycles. The number of aromatic amines is 2. The Labute approximate surface area is 196 Å². The van der Waals surface area contributed by atoms with Gasteiger partial charge in [-0.1, -0.05) is 32.9 Å². The van der Waals surface area contributed by atoms with Crippen molar-refractivity contribution in [3.8, 4) is 11.4 Å². The van der Waals surface area contributed by atoms with Gasteiger partial charge < -0.3 is 14.8 Å². The molecule has 0 saturated carbocycles.